The van der Waals surface area contributed by atoms with Crippen LogP contribution >= 0.6 is 27.5 Å². The van der Waals surface area contributed by atoms with Crippen LogP contribution in [0.3, 0.4) is 0 Å². The number of benzene rings is 1. The van der Waals surface area contributed by atoms with Crippen LogP contribution in [-0.2, 0) is 5.33 Å². The molecule has 2 rings (SSSR count). The first-order valence-corrected chi connectivity index (χ1v) is 7.84. The summed E-state index contributed by atoms with van der Waals surface area (Å²) in [6.45, 7) is 4.57. The maximum absolute atomic E-state index is 6.35. The normalized spacial score (nSPS) is 17.5. The highest BCUT2D eigenvalue weighted by atomic mass is 79.9. The number of halogens is 2. The lowest BCUT2D eigenvalue weighted by Crippen LogP contribution is -2.34. The Bertz CT molecular complexity index is 372. The van der Waals surface area contributed by atoms with E-state index in [-0.39, 0.29) is 0 Å². The molecule has 0 aliphatic carbocycles. The highest BCUT2D eigenvalue weighted by Crippen LogP contribution is 2.34. The standard InChI is InChI=1S/C14H19BrClN/c1-2-11-6-8-17(9-7-11)14-12(10-15)4-3-5-13(14)16/h3-5,11H,2,6-10H2,1H3. The second-order valence-electron chi connectivity index (χ2n) is 4.72. The van der Waals surface area contributed by atoms with Crippen molar-refractivity contribution in [2.24, 2.45) is 5.92 Å². The van der Waals surface area contributed by atoms with Gasteiger partial charge in [0.1, 0.15) is 0 Å². The Labute approximate surface area is 117 Å². The largest absolute Gasteiger partial charge is 0.370 e. The van der Waals surface area contributed by atoms with Crippen LogP contribution in [-0.4, -0.2) is 13.1 Å². The Morgan fingerprint density at radius 1 is 1.35 bits per heavy atom. The van der Waals surface area contributed by atoms with Gasteiger partial charge < -0.3 is 4.90 Å². The summed E-state index contributed by atoms with van der Waals surface area (Å²) in [6, 6.07) is 6.18. The molecule has 94 valence electrons. The number of alkyl halides is 1. The van der Waals surface area contributed by atoms with Crippen molar-refractivity contribution in [3.05, 3.63) is 28.8 Å². The quantitative estimate of drug-likeness (QED) is 0.720. The van der Waals surface area contributed by atoms with Gasteiger partial charge in [0.2, 0.25) is 0 Å². The van der Waals surface area contributed by atoms with E-state index in [2.05, 4.69) is 33.8 Å². The van der Waals surface area contributed by atoms with E-state index in [0.29, 0.717) is 0 Å². The zero-order valence-electron chi connectivity index (χ0n) is 10.3. The molecule has 0 bridgehead atoms. The van der Waals surface area contributed by atoms with Crippen LogP contribution in [0.4, 0.5) is 5.69 Å². The van der Waals surface area contributed by atoms with Crippen molar-refractivity contribution < 1.29 is 0 Å². The van der Waals surface area contributed by atoms with Crippen LogP contribution in [0.2, 0.25) is 5.02 Å². The second-order valence-corrected chi connectivity index (χ2v) is 5.69. The number of para-hydroxylation sites is 1. The molecule has 1 heterocycles. The summed E-state index contributed by atoms with van der Waals surface area (Å²) in [4.78, 5) is 2.45. The van der Waals surface area contributed by atoms with Crippen molar-refractivity contribution in [3.63, 3.8) is 0 Å². The van der Waals surface area contributed by atoms with Crippen LogP contribution in [0.25, 0.3) is 0 Å². The number of rotatable bonds is 3. The zero-order chi connectivity index (χ0) is 12.3. The molecule has 17 heavy (non-hydrogen) atoms. The minimum Gasteiger partial charge on any atom is -0.370 e. The molecule has 0 radical (unpaired) electrons. The molecule has 1 aliphatic heterocycles. The van der Waals surface area contributed by atoms with Crippen molar-refractivity contribution in [1.29, 1.82) is 0 Å². The molecular weight excluding hydrogens is 298 g/mol. The van der Waals surface area contributed by atoms with Crippen LogP contribution in [0, 0.1) is 5.92 Å². The van der Waals surface area contributed by atoms with Gasteiger partial charge in [-0.05, 0) is 30.4 Å². The molecule has 0 unspecified atom stereocenters. The van der Waals surface area contributed by atoms with Crippen molar-refractivity contribution >= 4 is 33.2 Å². The van der Waals surface area contributed by atoms with Gasteiger partial charge in [0.15, 0.2) is 0 Å². The molecule has 0 saturated carbocycles. The third-order valence-electron chi connectivity index (χ3n) is 3.72. The average molecular weight is 317 g/mol. The lowest BCUT2D eigenvalue weighted by Gasteiger charge is -2.34. The van der Waals surface area contributed by atoms with Gasteiger partial charge in [-0.2, -0.15) is 0 Å². The lowest BCUT2D eigenvalue weighted by atomic mass is 9.94. The van der Waals surface area contributed by atoms with Crippen LogP contribution in [0.1, 0.15) is 31.7 Å². The van der Waals surface area contributed by atoms with Gasteiger partial charge in [0, 0.05) is 18.4 Å². The SMILES string of the molecule is CCC1CCN(c2c(Cl)cccc2CBr)CC1. The Balaban J connectivity index is 2.17. The molecule has 1 nitrogen and oxygen atoms in total. The number of anilines is 1. The van der Waals surface area contributed by atoms with E-state index in [0.717, 1.165) is 29.4 Å². The summed E-state index contributed by atoms with van der Waals surface area (Å²) in [6.07, 6.45) is 3.90. The van der Waals surface area contributed by atoms with Crippen molar-refractivity contribution in [2.45, 2.75) is 31.5 Å². The van der Waals surface area contributed by atoms with Crippen LogP contribution in [0.15, 0.2) is 18.2 Å². The van der Waals surface area contributed by atoms with Gasteiger partial charge in [-0.15, -0.1) is 0 Å². The Hall–Kier alpha value is -0.210. The number of hydrogen-bond donors (Lipinski definition) is 0. The van der Waals surface area contributed by atoms with E-state index in [1.54, 1.807) is 0 Å². The summed E-state index contributed by atoms with van der Waals surface area (Å²) < 4.78 is 0. The van der Waals surface area contributed by atoms with E-state index in [1.807, 2.05) is 12.1 Å². The topological polar surface area (TPSA) is 3.24 Å². The summed E-state index contributed by atoms with van der Waals surface area (Å²) in [5, 5.41) is 1.76. The minimum atomic E-state index is 0.872. The molecule has 3 heteroatoms. The maximum atomic E-state index is 6.35. The fraction of sp³-hybridized carbons (Fsp3) is 0.571. The minimum absolute atomic E-state index is 0.872. The Morgan fingerprint density at radius 3 is 2.65 bits per heavy atom. The number of nitrogens with zero attached hydrogens (tertiary/aromatic N) is 1. The molecule has 1 saturated heterocycles. The molecule has 0 N–H and O–H groups in total. The predicted molar refractivity (Wildman–Crippen MR) is 79.3 cm³/mol. The molecular formula is C14H19BrClN. The maximum Gasteiger partial charge on any atom is 0.0642 e. The predicted octanol–water partition coefficient (Wildman–Crippen LogP) is 4.86. The van der Waals surface area contributed by atoms with E-state index in [4.69, 9.17) is 11.6 Å². The third-order valence-corrected chi connectivity index (χ3v) is 4.63. The first kappa shape index (κ1) is 13.2. The molecule has 0 amide bonds. The fourth-order valence-corrected chi connectivity index (χ4v) is 3.35. The van der Waals surface area contributed by atoms with Gasteiger partial charge >= 0.3 is 0 Å². The van der Waals surface area contributed by atoms with E-state index in [1.165, 1.54) is 30.5 Å². The van der Waals surface area contributed by atoms with Gasteiger partial charge in [-0.1, -0.05) is 53.0 Å². The highest BCUT2D eigenvalue weighted by Gasteiger charge is 2.21. The summed E-state index contributed by atoms with van der Waals surface area (Å²) >= 11 is 9.90. The Kier molecular flexibility index (Phi) is 4.75. The Morgan fingerprint density at radius 2 is 2.06 bits per heavy atom. The molecule has 1 fully saturated rings. The van der Waals surface area contributed by atoms with Gasteiger partial charge in [-0.25, -0.2) is 0 Å². The number of hydrogen-bond acceptors (Lipinski definition) is 1. The molecule has 0 atom stereocenters. The molecule has 1 aromatic rings. The van der Waals surface area contributed by atoms with Crippen LogP contribution < -0.4 is 4.90 Å². The molecule has 0 aromatic heterocycles. The molecule has 1 aromatic carbocycles. The fourth-order valence-electron chi connectivity index (χ4n) is 2.59. The average Bonchev–Trinajstić information content (AvgIpc) is 2.38. The first-order valence-electron chi connectivity index (χ1n) is 6.34. The van der Waals surface area contributed by atoms with Crippen molar-refractivity contribution in [1.82, 2.24) is 0 Å². The van der Waals surface area contributed by atoms with Crippen molar-refractivity contribution in [3.8, 4) is 0 Å². The van der Waals surface area contributed by atoms with Gasteiger partial charge in [0.25, 0.3) is 0 Å². The first-order chi connectivity index (χ1) is 8.26. The summed E-state index contributed by atoms with van der Waals surface area (Å²) in [5.74, 6) is 0.904. The van der Waals surface area contributed by atoms with Gasteiger partial charge in [-0.3, -0.25) is 0 Å². The third kappa shape index (κ3) is 2.97. The van der Waals surface area contributed by atoms with E-state index in [9.17, 15) is 0 Å². The summed E-state index contributed by atoms with van der Waals surface area (Å²) in [7, 11) is 0. The monoisotopic (exact) mass is 315 g/mol. The van der Waals surface area contributed by atoms with E-state index < -0.39 is 0 Å². The highest BCUT2D eigenvalue weighted by molar-refractivity contribution is 9.08. The molecule has 0 spiro atoms. The van der Waals surface area contributed by atoms with Gasteiger partial charge in [0.05, 0.1) is 10.7 Å². The summed E-state index contributed by atoms with van der Waals surface area (Å²) in [5.41, 5.74) is 2.54. The smallest absolute Gasteiger partial charge is 0.0642 e. The second kappa shape index (κ2) is 6.10. The van der Waals surface area contributed by atoms with Crippen molar-refractivity contribution in [2.75, 3.05) is 18.0 Å². The van der Waals surface area contributed by atoms with Crippen LogP contribution in [0.5, 0.6) is 0 Å². The zero-order valence-corrected chi connectivity index (χ0v) is 12.6. The van der Waals surface area contributed by atoms with E-state index >= 15 is 0 Å². The molecule has 1 aliphatic rings. The lowest BCUT2D eigenvalue weighted by molar-refractivity contribution is 0.395. The number of piperidine rings is 1.